The first-order chi connectivity index (χ1) is 8.61. The molecule has 0 N–H and O–H groups in total. The Labute approximate surface area is 119 Å². The van der Waals surface area contributed by atoms with Crippen LogP contribution < -0.4 is 4.90 Å². The van der Waals surface area contributed by atoms with Crippen molar-refractivity contribution in [1.29, 1.82) is 0 Å². The Kier molecular flexibility index (Phi) is 4.71. The van der Waals surface area contributed by atoms with Crippen LogP contribution in [0.4, 0.5) is 5.82 Å². The summed E-state index contributed by atoms with van der Waals surface area (Å²) in [5, 5.41) is 0.639. The highest BCUT2D eigenvalue weighted by Gasteiger charge is 2.22. The Morgan fingerprint density at radius 3 is 2.94 bits per heavy atom. The van der Waals surface area contributed by atoms with Gasteiger partial charge in [0.05, 0.1) is 5.02 Å². The van der Waals surface area contributed by atoms with Crippen molar-refractivity contribution in [2.75, 3.05) is 32.1 Å². The fourth-order valence-corrected chi connectivity index (χ4v) is 2.86. The third-order valence-corrected chi connectivity index (χ3v) is 4.24. The summed E-state index contributed by atoms with van der Waals surface area (Å²) in [5.41, 5.74) is 0.940. The molecule has 0 bridgehead atoms. The average Bonchev–Trinajstić information content (AvgIpc) is 2.75. The minimum atomic E-state index is 0.422. The largest absolute Gasteiger partial charge is 0.358 e. The molecule has 1 saturated heterocycles. The lowest BCUT2D eigenvalue weighted by molar-refractivity contribution is 0.314. The van der Waals surface area contributed by atoms with Gasteiger partial charge in [0.2, 0.25) is 0 Å². The number of rotatable bonds is 4. The lowest BCUT2D eigenvalue weighted by atomic mass is 10.2. The van der Waals surface area contributed by atoms with Crippen LogP contribution >= 0.6 is 23.2 Å². The van der Waals surface area contributed by atoms with Crippen molar-refractivity contribution < 1.29 is 0 Å². The molecule has 2 heterocycles. The number of aromatic nitrogens is 1. The van der Waals surface area contributed by atoms with Gasteiger partial charge in [-0.2, -0.15) is 0 Å². The van der Waals surface area contributed by atoms with Gasteiger partial charge in [-0.25, -0.2) is 4.98 Å². The van der Waals surface area contributed by atoms with Gasteiger partial charge in [0.25, 0.3) is 0 Å². The molecule has 1 aromatic rings. The van der Waals surface area contributed by atoms with Crippen molar-refractivity contribution in [2.45, 2.75) is 24.8 Å². The summed E-state index contributed by atoms with van der Waals surface area (Å²) in [4.78, 5) is 8.96. The number of halogens is 2. The smallest absolute Gasteiger partial charge is 0.128 e. The van der Waals surface area contributed by atoms with E-state index in [2.05, 4.69) is 28.9 Å². The van der Waals surface area contributed by atoms with Crippen LogP contribution in [0.25, 0.3) is 0 Å². The molecule has 1 aliphatic rings. The van der Waals surface area contributed by atoms with Gasteiger partial charge in [0.1, 0.15) is 5.82 Å². The summed E-state index contributed by atoms with van der Waals surface area (Å²) in [5.74, 6) is 1.36. The lowest BCUT2D eigenvalue weighted by Gasteiger charge is -2.26. The number of anilines is 1. The zero-order chi connectivity index (χ0) is 13.1. The third kappa shape index (κ3) is 3.08. The molecule has 0 saturated carbocycles. The Morgan fingerprint density at radius 1 is 1.56 bits per heavy atom. The SMILES string of the molecule is CN(CC1CCCN1C)c1cc(CCl)c(Cl)cn1. The van der Waals surface area contributed by atoms with E-state index < -0.39 is 0 Å². The highest BCUT2D eigenvalue weighted by molar-refractivity contribution is 6.32. The standard InChI is InChI=1S/C13H19Cl2N3/c1-17-5-3-4-11(17)9-18(2)13-6-10(7-14)12(15)8-16-13/h6,8,11H,3-5,7,9H2,1-2H3. The summed E-state index contributed by atoms with van der Waals surface area (Å²) < 4.78 is 0. The molecule has 0 spiro atoms. The molecule has 2 rings (SSSR count). The van der Waals surface area contributed by atoms with Crippen molar-refractivity contribution in [2.24, 2.45) is 0 Å². The molecule has 3 nitrogen and oxygen atoms in total. The van der Waals surface area contributed by atoms with Gasteiger partial charge in [-0.1, -0.05) is 11.6 Å². The molecule has 0 aliphatic carbocycles. The van der Waals surface area contributed by atoms with Crippen molar-refractivity contribution in [3.05, 3.63) is 22.8 Å². The summed E-state index contributed by atoms with van der Waals surface area (Å²) in [6.45, 7) is 2.19. The maximum Gasteiger partial charge on any atom is 0.128 e. The molecule has 1 aliphatic heterocycles. The van der Waals surface area contributed by atoms with E-state index in [9.17, 15) is 0 Å². The van der Waals surface area contributed by atoms with E-state index in [4.69, 9.17) is 23.2 Å². The van der Waals surface area contributed by atoms with E-state index in [-0.39, 0.29) is 0 Å². The van der Waals surface area contributed by atoms with E-state index in [0.717, 1.165) is 17.9 Å². The molecule has 1 aromatic heterocycles. The highest BCUT2D eigenvalue weighted by Crippen LogP contribution is 2.23. The van der Waals surface area contributed by atoms with Gasteiger partial charge in [-0.05, 0) is 38.1 Å². The fourth-order valence-electron chi connectivity index (χ4n) is 2.40. The van der Waals surface area contributed by atoms with Crippen LogP contribution in [0.3, 0.4) is 0 Å². The molecule has 1 fully saturated rings. The van der Waals surface area contributed by atoms with E-state index in [1.54, 1.807) is 6.20 Å². The zero-order valence-corrected chi connectivity index (χ0v) is 12.4. The molecule has 18 heavy (non-hydrogen) atoms. The van der Waals surface area contributed by atoms with Crippen LogP contribution in [-0.2, 0) is 5.88 Å². The van der Waals surface area contributed by atoms with Crippen LogP contribution in [0, 0.1) is 0 Å². The number of pyridine rings is 1. The van der Waals surface area contributed by atoms with Gasteiger partial charge >= 0.3 is 0 Å². The molecule has 0 amide bonds. The number of alkyl halides is 1. The summed E-state index contributed by atoms with van der Waals surface area (Å²) >= 11 is 11.9. The zero-order valence-electron chi connectivity index (χ0n) is 10.9. The number of hydrogen-bond donors (Lipinski definition) is 0. The molecule has 5 heteroatoms. The van der Waals surface area contributed by atoms with Gasteiger partial charge in [-0.15, -0.1) is 11.6 Å². The number of nitrogens with zero attached hydrogens (tertiary/aromatic N) is 3. The summed E-state index contributed by atoms with van der Waals surface area (Å²) in [7, 11) is 4.26. The summed E-state index contributed by atoms with van der Waals surface area (Å²) in [6, 6.07) is 2.59. The van der Waals surface area contributed by atoms with E-state index in [1.165, 1.54) is 19.4 Å². The van der Waals surface area contributed by atoms with E-state index in [1.807, 2.05) is 6.07 Å². The summed E-state index contributed by atoms with van der Waals surface area (Å²) in [6.07, 6.45) is 4.23. The maximum atomic E-state index is 6.02. The van der Waals surface area contributed by atoms with Crippen LogP contribution in [-0.4, -0.2) is 43.1 Å². The minimum absolute atomic E-state index is 0.422. The predicted molar refractivity (Wildman–Crippen MR) is 77.7 cm³/mol. The fraction of sp³-hybridized carbons (Fsp3) is 0.615. The van der Waals surface area contributed by atoms with Crippen LogP contribution in [0.5, 0.6) is 0 Å². The van der Waals surface area contributed by atoms with Gasteiger partial charge in [0.15, 0.2) is 0 Å². The first-order valence-electron chi connectivity index (χ1n) is 6.23. The Morgan fingerprint density at radius 2 is 2.33 bits per heavy atom. The first-order valence-corrected chi connectivity index (χ1v) is 7.15. The Balaban J connectivity index is 2.06. The molecular weight excluding hydrogens is 269 g/mol. The van der Waals surface area contributed by atoms with Gasteiger partial charge in [0, 0.05) is 31.7 Å². The normalized spacial score (nSPS) is 20.3. The maximum absolute atomic E-state index is 6.02. The minimum Gasteiger partial charge on any atom is -0.358 e. The van der Waals surface area contributed by atoms with Gasteiger partial charge in [-0.3, -0.25) is 0 Å². The van der Waals surface area contributed by atoms with Crippen LogP contribution in [0.2, 0.25) is 5.02 Å². The van der Waals surface area contributed by atoms with Crippen molar-refractivity contribution >= 4 is 29.0 Å². The predicted octanol–water partition coefficient (Wildman–Crippen LogP) is 3.00. The second kappa shape index (κ2) is 6.09. The third-order valence-electron chi connectivity index (χ3n) is 3.61. The van der Waals surface area contributed by atoms with Gasteiger partial charge < -0.3 is 9.80 Å². The molecule has 0 radical (unpaired) electrons. The van der Waals surface area contributed by atoms with Crippen molar-refractivity contribution in [1.82, 2.24) is 9.88 Å². The molecule has 1 atom stereocenters. The number of likely N-dealkylation sites (N-methyl/N-ethyl adjacent to an activating group) is 2. The van der Waals surface area contributed by atoms with Crippen LogP contribution in [0.1, 0.15) is 18.4 Å². The Bertz CT molecular complexity index is 411. The van der Waals surface area contributed by atoms with Crippen molar-refractivity contribution in [3.8, 4) is 0 Å². The Hall–Kier alpha value is -0.510. The molecule has 100 valence electrons. The first kappa shape index (κ1) is 13.9. The van der Waals surface area contributed by atoms with Crippen molar-refractivity contribution in [3.63, 3.8) is 0 Å². The molecule has 0 aromatic carbocycles. The van der Waals surface area contributed by atoms with E-state index >= 15 is 0 Å². The second-order valence-corrected chi connectivity index (χ2v) is 5.60. The monoisotopic (exact) mass is 287 g/mol. The second-order valence-electron chi connectivity index (χ2n) is 4.92. The average molecular weight is 288 g/mol. The number of hydrogen-bond acceptors (Lipinski definition) is 3. The quantitative estimate of drug-likeness (QED) is 0.794. The molecule has 1 unspecified atom stereocenters. The highest BCUT2D eigenvalue weighted by atomic mass is 35.5. The van der Waals surface area contributed by atoms with E-state index in [0.29, 0.717) is 16.9 Å². The van der Waals surface area contributed by atoms with Crippen LogP contribution in [0.15, 0.2) is 12.3 Å². The molecular formula is C13H19Cl2N3. The topological polar surface area (TPSA) is 19.4 Å². The number of likely N-dealkylation sites (tertiary alicyclic amines) is 1. The lowest BCUT2D eigenvalue weighted by Crippen LogP contribution is -2.37.